The molecular weight excluding hydrogens is 418 g/mol. The average Bonchev–Trinajstić information content (AvgIpc) is 3.37. The van der Waals surface area contributed by atoms with E-state index in [1.807, 2.05) is 30.5 Å². The van der Waals surface area contributed by atoms with Crippen LogP contribution in [0.4, 0.5) is 5.69 Å². The normalized spacial score (nSPS) is 39.5. The van der Waals surface area contributed by atoms with Crippen molar-refractivity contribution in [3.8, 4) is 0 Å². The van der Waals surface area contributed by atoms with Crippen LogP contribution >= 0.6 is 11.6 Å². The third kappa shape index (κ3) is 2.88. The zero-order valence-electron chi connectivity index (χ0n) is 18.9. The van der Waals surface area contributed by atoms with E-state index in [9.17, 15) is 4.79 Å². The van der Waals surface area contributed by atoms with E-state index in [1.165, 1.54) is 25.7 Å². The second-order valence-corrected chi connectivity index (χ2v) is 11.5. The lowest BCUT2D eigenvalue weighted by atomic mass is 9.48. The van der Waals surface area contributed by atoms with Crippen molar-refractivity contribution >= 4 is 29.3 Å². The summed E-state index contributed by atoms with van der Waals surface area (Å²) in [6.45, 7) is 4.89. The predicted octanol–water partition coefficient (Wildman–Crippen LogP) is 6.60. The minimum Gasteiger partial charge on any atom is -0.328 e. The minimum atomic E-state index is 0.0834. The van der Waals surface area contributed by atoms with Crippen molar-refractivity contribution in [2.24, 2.45) is 34.5 Å². The topological polar surface area (TPSA) is 46.9 Å². The molecule has 1 aliphatic heterocycles. The van der Waals surface area contributed by atoms with E-state index in [-0.39, 0.29) is 22.7 Å². The van der Waals surface area contributed by atoms with Gasteiger partial charge >= 0.3 is 0 Å². The van der Waals surface area contributed by atoms with Crippen molar-refractivity contribution in [2.45, 2.75) is 58.4 Å². The smallest absolute Gasteiger partial charge is 0.228 e. The lowest BCUT2D eigenvalue weighted by molar-refractivity contribution is -0.127. The molecule has 0 saturated heterocycles. The van der Waals surface area contributed by atoms with Crippen LogP contribution in [0.1, 0.15) is 64.2 Å². The van der Waals surface area contributed by atoms with Gasteiger partial charge in [-0.15, -0.1) is 0 Å². The number of anilines is 1. The number of fused-ring (bicyclic) bond motifs is 7. The molecule has 6 rings (SSSR count). The van der Waals surface area contributed by atoms with Gasteiger partial charge in [0.05, 0.1) is 0 Å². The van der Waals surface area contributed by atoms with Crippen LogP contribution in [0, 0.1) is 34.5 Å². The third-order valence-corrected chi connectivity index (χ3v) is 10.00. The molecule has 4 nitrogen and oxygen atoms in total. The zero-order valence-corrected chi connectivity index (χ0v) is 19.7. The van der Waals surface area contributed by atoms with Gasteiger partial charge in [0.1, 0.15) is 5.82 Å². The Balaban J connectivity index is 1.25. The number of hydrogen-bond acceptors (Lipinski definition) is 2. The number of imidazole rings is 1. The second-order valence-electron chi connectivity index (χ2n) is 11.0. The molecule has 1 amide bonds. The number of rotatable bonds is 2. The lowest BCUT2D eigenvalue weighted by Crippen LogP contribution is -2.53. The number of aromatic nitrogens is 2. The molecule has 1 aromatic carbocycles. The fraction of sp³-hybridized carbons (Fsp3) is 0.556. The summed E-state index contributed by atoms with van der Waals surface area (Å²) in [7, 11) is 0. The van der Waals surface area contributed by atoms with Crippen LogP contribution in [-0.2, 0) is 4.79 Å². The van der Waals surface area contributed by atoms with E-state index in [2.05, 4.69) is 47.1 Å². The zero-order chi connectivity index (χ0) is 22.1. The van der Waals surface area contributed by atoms with E-state index in [4.69, 9.17) is 11.6 Å². The van der Waals surface area contributed by atoms with Gasteiger partial charge in [0.2, 0.25) is 5.91 Å². The molecule has 3 fully saturated rings. The molecule has 5 heteroatoms. The molecule has 3 aliphatic carbocycles. The van der Waals surface area contributed by atoms with E-state index >= 15 is 0 Å². The highest BCUT2D eigenvalue weighted by molar-refractivity contribution is 6.30. The standard InChI is InChI=1S/C27H32ClN3O/c1-26-12-10-21-19(6-9-23-27(21,2)13-11-24-29-14-15-31(23)24)20(26)7-8-22(26)25(32)30-18-5-3-4-17(28)16-18/h3-5,11,13-16,19-23H,6-10,12H2,1-2H3,(H,30,32)/t19-,20-,21-,22+,23?,26-,27+/m0/s1. The Morgan fingerprint density at radius 3 is 2.88 bits per heavy atom. The van der Waals surface area contributed by atoms with Crippen LogP contribution in [0.5, 0.6) is 0 Å². The number of carbonyl (C=O) groups is 1. The number of nitrogens with zero attached hydrogens (tertiary/aromatic N) is 2. The van der Waals surface area contributed by atoms with Crippen LogP contribution < -0.4 is 5.32 Å². The SMILES string of the molecule is C[C@]12CC[C@H]3[C@@H](CCC4n5ccnc5C=C[C@@]43C)[C@@H]1CC[C@@H]2C(=O)Nc1cccc(Cl)c1. The molecule has 168 valence electrons. The second kappa shape index (κ2) is 7.21. The Labute approximate surface area is 195 Å². The van der Waals surface area contributed by atoms with Crippen LogP contribution in [0.15, 0.2) is 42.7 Å². The summed E-state index contributed by atoms with van der Waals surface area (Å²) in [6, 6.07) is 8.02. The molecule has 32 heavy (non-hydrogen) atoms. The molecule has 0 spiro atoms. The van der Waals surface area contributed by atoms with Crippen molar-refractivity contribution < 1.29 is 4.79 Å². The molecule has 2 heterocycles. The Morgan fingerprint density at radius 2 is 2.03 bits per heavy atom. The van der Waals surface area contributed by atoms with Crippen molar-refractivity contribution in [3.05, 3.63) is 53.6 Å². The number of benzene rings is 1. The molecular formula is C27H32ClN3O. The maximum absolute atomic E-state index is 13.4. The summed E-state index contributed by atoms with van der Waals surface area (Å²) in [6.07, 6.45) is 15.8. The van der Waals surface area contributed by atoms with E-state index in [0.717, 1.165) is 24.4 Å². The monoisotopic (exact) mass is 449 g/mol. The van der Waals surface area contributed by atoms with E-state index in [0.29, 0.717) is 28.8 Å². The number of carbonyl (C=O) groups excluding carboxylic acids is 1. The molecule has 1 unspecified atom stereocenters. The van der Waals surface area contributed by atoms with Gasteiger partial charge in [-0.1, -0.05) is 37.6 Å². The summed E-state index contributed by atoms with van der Waals surface area (Å²) in [5.41, 5.74) is 1.07. The first-order valence-electron chi connectivity index (χ1n) is 12.2. The van der Waals surface area contributed by atoms with Gasteiger partial charge in [-0.2, -0.15) is 0 Å². The largest absolute Gasteiger partial charge is 0.328 e. The van der Waals surface area contributed by atoms with Gasteiger partial charge in [0.15, 0.2) is 0 Å². The first kappa shape index (κ1) is 20.5. The minimum absolute atomic E-state index is 0.0834. The van der Waals surface area contributed by atoms with Gasteiger partial charge < -0.3 is 9.88 Å². The predicted molar refractivity (Wildman–Crippen MR) is 128 cm³/mol. The van der Waals surface area contributed by atoms with Crippen LogP contribution in [-0.4, -0.2) is 15.5 Å². The molecule has 4 aliphatic rings. The summed E-state index contributed by atoms with van der Waals surface area (Å²) in [5.74, 6) is 3.38. The van der Waals surface area contributed by atoms with Crippen molar-refractivity contribution in [1.82, 2.24) is 9.55 Å². The van der Waals surface area contributed by atoms with Crippen LogP contribution in [0.3, 0.4) is 0 Å². The molecule has 7 atom stereocenters. The lowest BCUT2D eigenvalue weighted by Gasteiger charge is -2.59. The first-order valence-corrected chi connectivity index (χ1v) is 12.6. The molecule has 3 saturated carbocycles. The fourth-order valence-electron chi connectivity index (χ4n) is 8.24. The summed E-state index contributed by atoms with van der Waals surface area (Å²) in [4.78, 5) is 17.9. The maximum Gasteiger partial charge on any atom is 0.228 e. The van der Waals surface area contributed by atoms with Crippen LogP contribution in [0.2, 0.25) is 5.02 Å². The van der Waals surface area contributed by atoms with Gasteiger partial charge in [0.25, 0.3) is 0 Å². The van der Waals surface area contributed by atoms with E-state index in [1.54, 1.807) is 0 Å². The van der Waals surface area contributed by atoms with E-state index < -0.39 is 0 Å². The van der Waals surface area contributed by atoms with Crippen molar-refractivity contribution in [2.75, 3.05) is 5.32 Å². The summed E-state index contributed by atoms with van der Waals surface area (Å²) >= 11 is 6.13. The molecule has 1 N–H and O–H groups in total. The number of halogens is 1. The highest BCUT2D eigenvalue weighted by Gasteiger charge is 2.61. The Hall–Kier alpha value is -2.07. The highest BCUT2D eigenvalue weighted by atomic mass is 35.5. The Kier molecular flexibility index (Phi) is 4.63. The van der Waals surface area contributed by atoms with Crippen molar-refractivity contribution in [1.29, 1.82) is 0 Å². The summed E-state index contributed by atoms with van der Waals surface area (Å²) < 4.78 is 2.42. The maximum atomic E-state index is 13.4. The number of allylic oxidation sites excluding steroid dienone is 1. The molecule has 0 radical (unpaired) electrons. The van der Waals surface area contributed by atoms with Gasteiger partial charge in [-0.3, -0.25) is 4.79 Å². The summed E-state index contributed by atoms with van der Waals surface area (Å²) in [5, 5.41) is 3.83. The molecule has 0 bridgehead atoms. The first-order chi connectivity index (χ1) is 15.4. The highest BCUT2D eigenvalue weighted by Crippen LogP contribution is 2.67. The Morgan fingerprint density at radius 1 is 1.16 bits per heavy atom. The van der Waals surface area contributed by atoms with Gasteiger partial charge in [-0.25, -0.2) is 4.98 Å². The van der Waals surface area contributed by atoms with Crippen LogP contribution in [0.25, 0.3) is 6.08 Å². The van der Waals surface area contributed by atoms with Gasteiger partial charge in [0, 0.05) is 40.5 Å². The average molecular weight is 450 g/mol. The third-order valence-electron chi connectivity index (χ3n) is 9.76. The number of hydrogen-bond donors (Lipinski definition) is 1. The molecule has 1 aromatic heterocycles. The number of nitrogens with one attached hydrogen (secondary N) is 1. The van der Waals surface area contributed by atoms with Crippen molar-refractivity contribution in [3.63, 3.8) is 0 Å². The number of amides is 1. The van der Waals surface area contributed by atoms with Gasteiger partial charge in [-0.05, 0) is 86.0 Å². The quantitative estimate of drug-likeness (QED) is 0.561. The fourth-order valence-corrected chi connectivity index (χ4v) is 8.43. The molecule has 2 aromatic rings. The Bertz CT molecular complexity index is 1090.